The summed E-state index contributed by atoms with van der Waals surface area (Å²) in [4.78, 5) is 26.3. The molecule has 0 radical (unpaired) electrons. The molecule has 21 heavy (non-hydrogen) atoms. The molecule has 118 valence electrons. The van der Waals surface area contributed by atoms with Gasteiger partial charge in [-0.3, -0.25) is 9.59 Å². The minimum atomic E-state index is 0.0244. The lowest BCUT2D eigenvalue weighted by atomic mass is 9.83. The number of nitrogens with one attached hydrogen (secondary N) is 1. The van der Waals surface area contributed by atoms with E-state index in [4.69, 9.17) is 5.73 Å². The Kier molecular flexibility index (Phi) is 4.48. The van der Waals surface area contributed by atoms with Crippen LogP contribution in [0.1, 0.15) is 51.4 Å². The van der Waals surface area contributed by atoms with E-state index in [-0.39, 0.29) is 35.7 Å². The summed E-state index contributed by atoms with van der Waals surface area (Å²) in [5.41, 5.74) is 6.12. The second kappa shape index (κ2) is 6.34. The molecular weight excluding hydrogens is 266 g/mol. The Hall–Kier alpha value is -1.10. The van der Waals surface area contributed by atoms with Crippen molar-refractivity contribution >= 4 is 11.8 Å². The summed E-state index contributed by atoms with van der Waals surface area (Å²) in [5, 5.41) is 3.13. The molecule has 0 aromatic heterocycles. The molecule has 2 aliphatic carbocycles. The van der Waals surface area contributed by atoms with Crippen LogP contribution in [0.5, 0.6) is 0 Å². The summed E-state index contributed by atoms with van der Waals surface area (Å²) in [6.45, 7) is 1.52. The van der Waals surface area contributed by atoms with Gasteiger partial charge in [0.1, 0.15) is 0 Å². The zero-order chi connectivity index (χ0) is 14.8. The van der Waals surface area contributed by atoms with Crippen LogP contribution in [0.3, 0.4) is 0 Å². The normalized spacial score (nSPS) is 31.0. The van der Waals surface area contributed by atoms with Crippen LogP contribution in [-0.2, 0) is 9.59 Å². The second-order valence-electron chi connectivity index (χ2n) is 6.94. The van der Waals surface area contributed by atoms with Crippen molar-refractivity contribution in [3.63, 3.8) is 0 Å². The predicted octanol–water partition coefficient (Wildman–Crippen LogP) is 1.02. The van der Waals surface area contributed by atoms with Crippen LogP contribution in [0.4, 0.5) is 0 Å². The first-order valence-electron chi connectivity index (χ1n) is 8.50. The Morgan fingerprint density at radius 2 is 1.62 bits per heavy atom. The van der Waals surface area contributed by atoms with Crippen LogP contribution < -0.4 is 11.1 Å². The molecule has 2 unspecified atom stereocenters. The van der Waals surface area contributed by atoms with Gasteiger partial charge in [-0.25, -0.2) is 0 Å². The third kappa shape index (κ3) is 3.57. The van der Waals surface area contributed by atoms with Gasteiger partial charge in [-0.15, -0.1) is 0 Å². The van der Waals surface area contributed by atoms with Crippen LogP contribution in [0.15, 0.2) is 0 Å². The zero-order valence-corrected chi connectivity index (χ0v) is 12.7. The summed E-state index contributed by atoms with van der Waals surface area (Å²) in [6, 6.07) is 0.292. The summed E-state index contributed by atoms with van der Waals surface area (Å²) >= 11 is 0. The van der Waals surface area contributed by atoms with E-state index in [1.165, 1.54) is 0 Å². The van der Waals surface area contributed by atoms with Gasteiger partial charge in [-0.2, -0.15) is 0 Å². The summed E-state index contributed by atoms with van der Waals surface area (Å²) < 4.78 is 0. The standard InChI is InChI=1S/C16H27N3O2/c17-14-4-2-1-3-13(14)16(21)19-9-7-12(8-10-19)18-15(20)11-5-6-11/h11-14H,1-10,17H2,(H,18,20). The molecule has 2 amide bonds. The minimum Gasteiger partial charge on any atom is -0.353 e. The van der Waals surface area contributed by atoms with Crippen molar-refractivity contribution in [1.29, 1.82) is 0 Å². The van der Waals surface area contributed by atoms with E-state index >= 15 is 0 Å². The Bertz CT molecular complexity index is 400. The average molecular weight is 293 g/mol. The van der Waals surface area contributed by atoms with Crippen molar-refractivity contribution in [2.24, 2.45) is 17.6 Å². The van der Waals surface area contributed by atoms with E-state index in [1.54, 1.807) is 0 Å². The number of hydrogen-bond donors (Lipinski definition) is 2. The van der Waals surface area contributed by atoms with E-state index < -0.39 is 0 Å². The maximum absolute atomic E-state index is 12.6. The van der Waals surface area contributed by atoms with Crippen molar-refractivity contribution < 1.29 is 9.59 Å². The lowest BCUT2D eigenvalue weighted by Crippen LogP contribution is -2.51. The van der Waals surface area contributed by atoms with Gasteiger partial charge in [0.2, 0.25) is 11.8 Å². The van der Waals surface area contributed by atoms with Crippen molar-refractivity contribution in [2.45, 2.75) is 63.5 Å². The number of carbonyl (C=O) groups is 2. The molecule has 2 saturated carbocycles. The van der Waals surface area contributed by atoms with Gasteiger partial charge in [0.25, 0.3) is 0 Å². The molecule has 3 fully saturated rings. The van der Waals surface area contributed by atoms with Gasteiger partial charge < -0.3 is 16.0 Å². The molecule has 1 aliphatic heterocycles. The SMILES string of the molecule is NC1CCCCC1C(=O)N1CCC(NC(=O)C2CC2)CC1. The molecule has 0 aromatic carbocycles. The Morgan fingerprint density at radius 1 is 0.952 bits per heavy atom. The fourth-order valence-electron chi connectivity index (χ4n) is 3.61. The molecule has 3 rings (SSSR count). The highest BCUT2D eigenvalue weighted by molar-refractivity contribution is 5.81. The fourth-order valence-corrected chi connectivity index (χ4v) is 3.61. The molecule has 1 saturated heterocycles. The number of nitrogens with zero attached hydrogens (tertiary/aromatic N) is 1. The maximum atomic E-state index is 12.6. The van der Waals surface area contributed by atoms with E-state index in [2.05, 4.69) is 5.32 Å². The number of rotatable bonds is 3. The van der Waals surface area contributed by atoms with E-state index in [9.17, 15) is 9.59 Å². The number of carbonyl (C=O) groups excluding carboxylic acids is 2. The molecule has 5 nitrogen and oxygen atoms in total. The Labute approximate surface area is 126 Å². The van der Waals surface area contributed by atoms with Crippen LogP contribution >= 0.6 is 0 Å². The molecule has 2 atom stereocenters. The molecule has 3 N–H and O–H groups in total. The zero-order valence-electron chi connectivity index (χ0n) is 12.7. The first-order valence-corrected chi connectivity index (χ1v) is 8.50. The van der Waals surface area contributed by atoms with Crippen LogP contribution in [0.2, 0.25) is 0 Å². The van der Waals surface area contributed by atoms with E-state index in [0.29, 0.717) is 0 Å². The quantitative estimate of drug-likeness (QED) is 0.816. The molecule has 0 bridgehead atoms. The van der Waals surface area contributed by atoms with Crippen LogP contribution in [0.25, 0.3) is 0 Å². The summed E-state index contributed by atoms with van der Waals surface area (Å²) in [6.07, 6.45) is 8.05. The Morgan fingerprint density at radius 3 is 2.24 bits per heavy atom. The fraction of sp³-hybridized carbons (Fsp3) is 0.875. The lowest BCUT2D eigenvalue weighted by Gasteiger charge is -2.37. The van der Waals surface area contributed by atoms with Gasteiger partial charge in [-0.05, 0) is 38.5 Å². The second-order valence-corrected chi connectivity index (χ2v) is 6.94. The van der Waals surface area contributed by atoms with Gasteiger partial charge >= 0.3 is 0 Å². The monoisotopic (exact) mass is 293 g/mol. The average Bonchev–Trinajstić information content (AvgIpc) is 3.32. The highest BCUT2D eigenvalue weighted by atomic mass is 16.2. The maximum Gasteiger partial charge on any atom is 0.227 e. The van der Waals surface area contributed by atoms with Gasteiger partial charge in [0.15, 0.2) is 0 Å². The van der Waals surface area contributed by atoms with Crippen LogP contribution in [0, 0.1) is 11.8 Å². The largest absolute Gasteiger partial charge is 0.353 e. The molecular formula is C16H27N3O2. The van der Waals surface area contributed by atoms with Gasteiger partial charge in [0.05, 0.1) is 5.92 Å². The van der Waals surface area contributed by atoms with E-state index in [0.717, 1.165) is 64.5 Å². The smallest absolute Gasteiger partial charge is 0.227 e. The number of likely N-dealkylation sites (tertiary alicyclic amines) is 1. The molecule has 0 aromatic rings. The van der Waals surface area contributed by atoms with Crippen molar-refractivity contribution in [3.05, 3.63) is 0 Å². The molecule has 1 heterocycles. The number of piperidine rings is 1. The topological polar surface area (TPSA) is 75.4 Å². The van der Waals surface area contributed by atoms with Crippen molar-refractivity contribution in [1.82, 2.24) is 10.2 Å². The number of nitrogens with two attached hydrogens (primary N) is 1. The van der Waals surface area contributed by atoms with Crippen molar-refractivity contribution in [2.75, 3.05) is 13.1 Å². The summed E-state index contributed by atoms with van der Waals surface area (Å²) in [7, 11) is 0. The number of amides is 2. The van der Waals surface area contributed by atoms with E-state index in [1.807, 2.05) is 4.90 Å². The Balaban J connectivity index is 1.46. The highest BCUT2D eigenvalue weighted by Gasteiger charge is 2.35. The third-order valence-electron chi connectivity index (χ3n) is 5.24. The lowest BCUT2D eigenvalue weighted by molar-refractivity contribution is -0.138. The molecule has 5 heteroatoms. The number of hydrogen-bond acceptors (Lipinski definition) is 3. The molecule has 0 spiro atoms. The minimum absolute atomic E-state index is 0.0244. The summed E-state index contributed by atoms with van der Waals surface area (Å²) in [5.74, 6) is 0.754. The molecule has 3 aliphatic rings. The first kappa shape index (κ1) is 14.8. The predicted molar refractivity (Wildman–Crippen MR) is 80.4 cm³/mol. The van der Waals surface area contributed by atoms with Crippen molar-refractivity contribution in [3.8, 4) is 0 Å². The highest BCUT2D eigenvalue weighted by Crippen LogP contribution is 2.30. The third-order valence-corrected chi connectivity index (χ3v) is 5.24. The first-order chi connectivity index (χ1) is 10.1. The van der Waals surface area contributed by atoms with Crippen LogP contribution in [-0.4, -0.2) is 41.9 Å². The van der Waals surface area contributed by atoms with Gasteiger partial charge in [-0.1, -0.05) is 12.8 Å². The van der Waals surface area contributed by atoms with Gasteiger partial charge in [0, 0.05) is 31.1 Å².